The smallest absolute Gasteiger partial charge is 0.413 e. The highest BCUT2D eigenvalue weighted by Crippen LogP contribution is 2.33. The first-order valence-corrected chi connectivity index (χ1v) is 14.7. The number of benzene rings is 3. The molecule has 0 radical (unpaired) electrons. The first-order valence-electron chi connectivity index (χ1n) is 10.3. The van der Waals surface area contributed by atoms with Gasteiger partial charge < -0.3 is 27.7 Å². The van der Waals surface area contributed by atoms with E-state index < -0.39 is 17.1 Å². The van der Waals surface area contributed by atoms with E-state index in [1.54, 1.807) is 28.4 Å². The Morgan fingerprint density at radius 2 is 1.06 bits per heavy atom. The maximum absolute atomic E-state index is 9.82. The van der Waals surface area contributed by atoms with Crippen LogP contribution in [0, 0.1) is 0 Å². The van der Waals surface area contributed by atoms with Gasteiger partial charge in [-0.2, -0.15) is 0 Å². The third kappa shape index (κ3) is 4.71. The molecule has 8 heteroatoms. The Bertz CT molecular complexity index is 967. The Kier molecular flexibility index (Phi) is 8.02. The molecule has 3 aromatic rings. The van der Waals surface area contributed by atoms with Crippen LogP contribution in [0.4, 0.5) is 17.1 Å². The van der Waals surface area contributed by atoms with E-state index in [9.17, 15) is 5.11 Å². The standard InChI is InChI=1S/C24H31NO5Si2/c1-27-31(5,19-26)23-15-11-21(12-16-23)25(20-9-7-6-8-10-20)22-13-17-24(18-14-22)32(28-2,29-3)30-4/h6-18,26H,19H2,1-5H3. The minimum atomic E-state index is -2.90. The minimum Gasteiger partial charge on any atom is -0.413 e. The van der Waals surface area contributed by atoms with Crippen molar-refractivity contribution in [2.24, 2.45) is 0 Å². The summed E-state index contributed by atoms with van der Waals surface area (Å²) in [5.41, 5.74) is 3.04. The minimum absolute atomic E-state index is 0.0385. The second-order valence-electron chi connectivity index (χ2n) is 7.53. The molecule has 0 fully saturated rings. The third-order valence-electron chi connectivity index (χ3n) is 5.79. The molecule has 0 aliphatic carbocycles. The number of hydrogen-bond acceptors (Lipinski definition) is 6. The summed E-state index contributed by atoms with van der Waals surface area (Å²) in [6.45, 7) is 2.01. The molecule has 0 spiro atoms. The van der Waals surface area contributed by atoms with Gasteiger partial charge in [0, 0.05) is 50.7 Å². The second kappa shape index (κ2) is 10.5. The maximum atomic E-state index is 9.82. The van der Waals surface area contributed by atoms with Gasteiger partial charge in [-0.3, -0.25) is 0 Å². The van der Waals surface area contributed by atoms with Crippen molar-refractivity contribution in [2.45, 2.75) is 6.55 Å². The van der Waals surface area contributed by atoms with Crippen LogP contribution in [0.15, 0.2) is 78.9 Å². The highest BCUT2D eigenvalue weighted by molar-refractivity contribution is 6.85. The molecule has 0 heterocycles. The van der Waals surface area contributed by atoms with Crippen LogP contribution in [-0.4, -0.2) is 56.9 Å². The van der Waals surface area contributed by atoms with Gasteiger partial charge >= 0.3 is 8.80 Å². The highest BCUT2D eigenvalue weighted by atomic mass is 28.4. The van der Waals surface area contributed by atoms with Crippen molar-refractivity contribution >= 4 is 44.6 Å². The Hall–Kier alpha value is -2.31. The SMILES string of the molecule is CO[Si](C)(CO)c1ccc(N(c2ccccc2)c2ccc([Si](OC)(OC)OC)cc2)cc1. The number of nitrogens with zero attached hydrogens (tertiary/aromatic N) is 1. The molecular formula is C24H31NO5Si2. The van der Waals surface area contributed by atoms with E-state index in [-0.39, 0.29) is 6.23 Å². The number of anilines is 3. The molecule has 0 aromatic heterocycles. The molecule has 32 heavy (non-hydrogen) atoms. The number of rotatable bonds is 10. The summed E-state index contributed by atoms with van der Waals surface area (Å²) in [4.78, 5) is 2.17. The van der Waals surface area contributed by atoms with Gasteiger partial charge in [0.25, 0.3) is 0 Å². The zero-order valence-corrected chi connectivity index (χ0v) is 21.2. The molecule has 0 bridgehead atoms. The van der Waals surface area contributed by atoms with Gasteiger partial charge in [0.1, 0.15) is 0 Å². The fraction of sp³-hybridized carbons (Fsp3) is 0.250. The van der Waals surface area contributed by atoms with Crippen LogP contribution in [0.25, 0.3) is 0 Å². The lowest BCUT2D eigenvalue weighted by Crippen LogP contribution is -2.54. The molecule has 0 aliphatic rings. The number of aliphatic hydroxyl groups excluding tert-OH is 1. The Balaban J connectivity index is 2.04. The molecule has 170 valence electrons. The van der Waals surface area contributed by atoms with Crippen LogP contribution in [0.1, 0.15) is 0 Å². The van der Waals surface area contributed by atoms with Crippen LogP contribution >= 0.6 is 0 Å². The van der Waals surface area contributed by atoms with Crippen LogP contribution in [0.5, 0.6) is 0 Å². The van der Waals surface area contributed by atoms with E-state index in [1.807, 2.05) is 61.1 Å². The summed E-state index contributed by atoms with van der Waals surface area (Å²) in [5.74, 6) is 0. The zero-order chi connectivity index (χ0) is 23.2. The fourth-order valence-electron chi connectivity index (χ4n) is 3.68. The van der Waals surface area contributed by atoms with Gasteiger partial charge in [-0.1, -0.05) is 42.5 Å². The monoisotopic (exact) mass is 469 g/mol. The van der Waals surface area contributed by atoms with Gasteiger partial charge in [0.15, 0.2) is 0 Å². The molecule has 0 aliphatic heterocycles. The van der Waals surface area contributed by atoms with E-state index in [0.29, 0.717) is 0 Å². The van der Waals surface area contributed by atoms with E-state index in [4.69, 9.17) is 17.7 Å². The zero-order valence-electron chi connectivity index (χ0n) is 19.2. The molecule has 3 rings (SSSR count). The molecule has 3 aromatic carbocycles. The van der Waals surface area contributed by atoms with Gasteiger partial charge in [-0.15, -0.1) is 0 Å². The highest BCUT2D eigenvalue weighted by Gasteiger charge is 2.40. The van der Waals surface area contributed by atoms with Crippen LogP contribution in [0.2, 0.25) is 6.55 Å². The van der Waals surface area contributed by atoms with Gasteiger partial charge in [-0.25, -0.2) is 0 Å². The van der Waals surface area contributed by atoms with Gasteiger partial charge in [-0.05, 0) is 48.1 Å². The average molecular weight is 470 g/mol. The molecule has 0 saturated heterocycles. The van der Waals surface area contributed by atoms with E-state index in [0.717, 1.165) is 27.4 Å². The fourth-order valence-corrected chi connectivity index (χ4v) is 6.88. The van der Waals surface area contributed by atoms with Crippen molar-refractivity contribution in [1.29, 1.82) is 0 Å². The van der Waals surface area contributed by atoms with Gasteiger partial charge in [0.2, 0.25) is 8.32 Å². The molecule has 0 amide bonds. The summed E-state index contributed by atoms with van der Waals surface area (Å²) in [6.07, 6.45) is 0.0385. The lowest BCUT2D eigenvalue weighted by Gasteiger charge is -2.28. The van der Waals surface area contributed by atoms with E-state index >= 15 is 0 Å². The number of para-hydroxylation sites is 1. The molecule has 0 saturated carbocycles. The molecule has 1 unspecified atom stereocenters. The Labute approximate surface area is 192 Å². The second-order valence-corrected chi connectivity index (χ2v) is 14.2. The topological polar surface area (TPSA) is 60.4 Å². The van der Waals surface area contributed by atoms with Crippen LogP contribution in [0.3, 0.4) is 0 Å². The average Bonchev–Trinajstić information content (AvgIpc) is 2.87. The maximum Gasteiger partial charge on any atom is 0.536 e. The van der Waals surface area contributed by atoms with Crippen molar-refractivity contribution in [3.05, 3.63) is 78.9 Å². The van der Waals surface area contributed by atoms with E-state index in [1.165, 1.54) is 0 Å². The van der Waals surface area contributed by atoms with Crippen molar-refractivity contribution in [2.75, 3.05) is 39.6 Å². The van der Waals surface area contributed by atoms with Crippen molar-refractivity contribution in [3.8, 4) is 0 Å². The summed E-state index contributed by atoms with van der Waals surface area (Å²) >= 11 is 0. The summed E-state index contributed by atoms with van der Waals surface area (Å²) in [7, 11) is 1.25. The molecule has 6 nitrogen and oxygen atoms in total. The van der Waals surface area contributed by atoms with Crippen LogP contribution < -0.4 is 15.3 Å². The Morgan fingerprint density at radius 3 is 1.47 bits per heavy atom. The molecular weight excluding hydrogens is 438 g/mol. The van der Waals surface area contributed by atoms with Gasteiger partial charge in [0.05, 0.1) is 6.23 Å². The summed E-state index contributed by atoms with van der Waals surface area (Å²) in [5, 5.41) is 11.8. The first-order chi connectivity index (χ1) is 15.5. The number of aliphatic hydroxyl groups is 1. The lowest BCUT2D eigenvalue weighted by atomic mass is 10.2. The Morgan fingerprint density at radius 1 is 0.625 bits per heavy atom. The predicted octanol–water partition coefficient (Wildman–Crippen LogP) is 3.20. The number of hydrogen-bond donors (Lipinski definition) is 1. The third-order valence-corrected chi connectivity index (χ3v) is 11.5. The lowest BCUT2D eigenvalue weighted by molar-refractivity contribution is 0.140. The first kappa shape index (κ1) is 24.3. The van der Waals surface area contributed by atoms with Crippen LogP contribution in [-0.2, 0) is 17.7 Å². The summed E-state index contributed by atoms with van der Waals surface area (Å²) < 4.78 is 22.5. The summed E-state index contributed by atoms with van der Waals surface area (Å²) in [6, 6.07) is 26.5. The normalized spacial score (nSPS) is 13.6. The van der Waals surface area contributed by atoms with E-state index in [2.05, 4.69) is 29.2 Å². The molecule has 1 N–H and O–H groups in total. The largest absolute Gasteiger partial charge is 0.536 e. The van der Waals surface area contributed by atoms with Crippen molar-refractivity contribution in [3.63, 3.8) is 0 Å². The predicted molar refractivity (Wildman–Crippen MR) is 133 cm³/mol. The van der Waals surface area contributed by atoms with Crippen molar-refractivity contribution in [1.82, 2.24) is 0 Å². The molecule has 1 atom stereocenters. The quantitative estimate of drug-likeness (QED) is 0.460. The van der Waals surface area contributed by atoms with Crippen molar-refractivity contribution < 1.29 is 22.8 Å².